The molecule has 1 atom stereocenters. The number of aliphatic hydroxyl groups excluding tert-OH is 1. The van der Waals surface area contributed by atoms with Gasteiger partial charge in [-0.3, -0.25) is 0 Å². The summed E-state index contributed by atoms with van der Waals surface area (Å²) in [6, 6.07) is 7.96. The highest BCUT2D eigenvalue weighted by atomic mass is 16.5. The zero-order chi connectivity index (χ0) is 11.8. The first kappa shape index (κ1) is 13.0. The van der Waals surface area contributed by atoms with E-state index in [1.807, 2.05) is 18.2 Å². The van der Waals surface area contributed by atoms with Gasteiger partial charge in [-0.05, 0) is 36.5 Å². The Morgan fingerprint density at radius 2 is 2.12 bits per heavy atom. The van der Waals surface area contributed by atoms with Gasteiger partial charge in [-0.2, -0.15) is 0 Å². The van der Waals surface area contributed by atoms with Gasteiger partial charge in [0.2, 0.25) is 0 Å². The molecule has 0 aromatic heterocycles. The molecule has 0 aliphatic heterocycles. The number of rotatable bonds is 7. The maximum Gasteiger partial charge on any atom is 0.119 e. The smallest absolute Gasteiger partial charge is 0.119 e. The van der Waals surface area contributed by atoms with Crippen LogP contribution in [-0.4, -0.2) is 32.5 Å². The van der Waals surface area contributed by atoms with Crippen LogP contribution in [-0.2, 0) is 11.2 Å². The molecular weight excluding hydrogens is 204 g/mol. The summed E-state index contributed by atoms with van der Waals surface area (Å²) >= 11 is 0. The van der Waals surface area contributed by atoms with Crippen LogP contribution in [0.5, 0.6) is 5.75 Å². The zero-order valence-electron chi connectivity index (χ0n) is 9.98. The second kappa shape index (κ2) is 7.25. The Labute approximate surface area is 97.0 Å². The van der Waals surface area contributed by atoms with Crippen LogP contribution in [0.3, 0.4) is 0 Å². The molecule has 0 amide bonds. The zero-order valence-corrected chi connectivity index (χ0v) is 9.98. The first-order valence-electron chi connectivity index (χ1n) is 5.53. The number of methoxy groups -OCH3 is 2. The molecular formula is C13H20O3. The first-order chi connectivity index (χ1) is 7.80. The third-order valence-corrected chi connectivity index (χ3v) is 2.65. The minimum absolute atomic E-state index is 0.195. The maximum absolute atomic E-state index is 9.25. The average Bonchev–Trinajstić information content (AvgIpc) is 2.34. The summed E-state index contributed by atoms with van der Waals surface area (Å²) in [7, 11) is 3.34. The van der Waals surface area contributed by atoms with Gasteiger partial charge in [-0.15, -0.1) is 0 Å². The van der Waals surface area contributed by atoms with Crippen LogP contribution < -0.4 is 4.74 Å². The van der Waals surface area contributed by atoms with Crippen LogP contribution in [0.25, 0.3) is 0 Å². The topological polar surface area (TPSA) is 38.7 Å². The van der Waals surface area contributed by atoms with E-state index in [1.54, 1.807) is 14.2 Å². The molecule has 1 unspecified atom stereocenters. The fourth-order valence-electron chi connectivity index (χ4n) is 1.68. The molecule has 1 rings (SSSR count). The van der Waals surface area contributed by atoms with Crippen molar-refractivity contribution in [3.8, 4) is 5.75 Å². The monoisotopic (exact) mass is 224 g/mol. The van der Waals surface area contributed by atoms with Crippen molar-refractivity contribution >= 4 is 0 Å². The van der Waals surface area contributed by atoms with Crippen molar-refractivity contribution in [1.29, 1.82) is 0 Å². The molecule has 90 valence electrons. The predicted molar refractivity (Wildman–Crippen MR) is 63.8 cm³/mol. The summed E-state index contributed by atoms with van der Waals surface area (Å²) in [5, 5.41) is 9.25. The summed E-state index contributed by atoms with van der Waals surface area (Å²) in [5.74, 6) is 1.12. The van der Waals surface area contributed by atoms with E-state index in [4.69, 9.17) is 9.47 Å². The fourth-order valence-corrected chi connectivity index (χ4v) is 1.68. The van der Waals surface area contributed by atoms with Crippen molar-refractivity contribution in [2.75, 3.05) is 27.4 Å². The quantitative estimate of drug-likeness (QED) is 0.768. The molecule has 1 aromatic carbocycles. The second-order valence-electron chi connectivity index (χ2n) is 3.89. The van der Waals surface area contributed by atoms with Crippen LogP contribution in [0.15, 0.2) is 24.3 Å². The molecule has 0 radical (unpaired) electrons. The summed E-state index contributed by atoms with van der Waals surface area (Å²) in [4.78, 5) is 0. The van der Waals surface area contributed by atoms with Crippen LogP contribution in [0.1, 0.15) is 12.0 Å². The summed E-state index contributed by atoms with van der Waals surface area (Å²) in [6.07, 6.45) is 1.74. The van der Waals surface area contributed by atoms with E-state index in [1.165, 1.54) is 5.56 Å². The van der Waals surface area contributed by atoms with Crippen molar-refractivity contribution in [3.05, 3.63) is 29.8 Å². The van der Waals surface area contributed by atoms with Crippen LogP contribution in [0, 0.1) is 5.92 Å². The molecule has 0 aliphatic carbocycles. The Kier molecular flexibility index (Phi) is 5.90. The normalized spacial score (nSPS) is 12.4. The van der Waals surface area contributed by atoms with Crippen LogP contribution in [0.4, 0.5) is 0 Å². The van der Waals surface area contributed by atoms with Crippen molar-refractivity contribution in [2.45, 2.75) is 12.8 Å². The summed E-state index contributed by atoms with van der Waals surface area (Å²) < 4.78 is 10.2. The fraction of sp³-hybridized carbons (Fsp3) is 0.538. The third-order valence-electron chi connectivity index (χ3n) is 2.65. The lowest BCUT2D eigenvalue weighted by atomic mass is 9.97. The van der Waals surface area contributed by atoms with Gasteiger partial charge in [-0.1, -0.05) is 12.1 Å². The van der Waals surface area contributed by atoms with E-state index in [0.717, 1.165) is 18.6 Å². The molecule has 3 heteroatoms. The largest absolute Gasteiger partial charge is 0.497 e. The van der Waals surface area contributed by atoms with Crippen LogP contribution in [0.2, 0.25) is 0 Å². The predicted octanol–water partition coefficient (Wildman–Crippen LogP) is 1.88. The van der Waals surface area contributed by atoms with Crippen molar-refractivity contribution < 1.29 is 14.6 Å². The number of aliphatic hydroxyl groups is 1. The molecule has 1 N–H and O–H groups in total. The van der Waals surface area contributed by atoms with Gasteiger partial charge in [0, 0.05) is 20.3 Å². The minimum Gasteiger partial charge on any atom is -0.497 e. The molecule has 16 heavy (non-hydrogen) atoms. The SMILES string of the molecule is COCCC(CO)Cc1cccc(OC)c1. The highest BCUT2D eigenvalue weighted by molar-refractivity contribution is 5.28. The van der Waals surface area contributed by atoms with Crippen LogP contribution >= 0.6 is 0 Å². The van der Waals surface area contributed by atoms with Gasteiger partial charge in [0.15, 0.2) is 0 Å². The van der Waals surface area contributed by atoms with Gasteiger partial charge in [0.05, 0.1) is 7.11 Å². The van der Waals surface area contributed by atoms with E-state index in [2.05, 4.69) is 6.07 Å². The number of benzene rings is 1. The van der Waals surface area contributed by atoms with Crippen molar-refractivity contribution in [1.82, 2.24) is 0 Å². The second-order valence-corrected chi connectivity index (χ2v) is 3.89. The number of hydrogen-bond donors (Lipinski definition) is 1. The molecule has 3 nitrogen and oxygen atoms in total. The number of hydrogen-bond acceptors (Lipinski definition) is 3. The molecule has 0 fully saturated rings. The highest BCUT2D eigenvalue weighted by Crippen LogP contribution is 2.17. The van der Waals surface area contributed by atoms with Gasteiger partial charge < -0.3 is 14.6 Å². The minimum atomic E-state index is 0.195. The van der Waals surface area contributed by atoms with Gasteiger partial charge in [0.1, 0.15) is 5.75 Å². The lowest BCUT2D eigenvalue weighted by Gasteiger charge is -2.14. The highest BCUT2D eigenvalue weighted by Gasteiger charge is 2.08. The lowest BCUT2D eigenvalue weighted by molar-refractivity contribution is 0.147. The molecule has 0 spiro atoms. The van der Waals surface area contributed by atoms with Gasteiger partial charge in [-0.25, -0.2) is 0 Å². The van der Waals surface area contributed by atoms with E-state index in [9.17, 15) is 5.11 Å². The molecule has 0 bridgehead atoms. The van der Waals surface area contributed by atoms with E-state index in [0.29, 0.717) is 6.61 Å². The lowest BCUT2D eigenvalue weighted by Crippen LogP contribution is -2.12. The standard InChI is InChI=1S/C13H20O3/c1-15-7-6-12(10-14)8-11-4-3-5-13(9-11)16-2/h3-5,9,12,14H,6-8,10H2,1-2H3. The Morgan fingerprint density at radius 1 is 1.31 bits per heavy atom. The Balaban J connectivity index is 2.55. The average molecular weight is 224 g/mol. The molecule has 0 saturated carbocycles. The van der Waals surface area contributed by atoms with Crippen molar-refractivity contribution in [3.63, 3.8) is 0 Å². The number of ether oxygens (including phenoxy) is 2. The van der Waals surface area contributed by atoms with Gasteiger partial charge in [0.25, 0.3) is 0 Å². The molecule has 1 aromatic rings. The summed E-state index contributed by atoms with van der Waals surface area (Å²) in [6.45, 7) is 0.885. The van der Waals surface area contributed by atoms with E-state index in [-0.39, 0.29) is 12.5 Å². The maximum atomic E-state index is 9.25. The Hall–Kier alpha value is -1.06. The molecule has 0 heterocycles. The Bertz CT molecular complexity index is 299. The Morgan fingerprint density at radius 3 is 2.75 bits per heavy atom. The van der Waals surface area contributed by atoms with Gasteiger partial charge >= 0.3 is 0 Å². The third kappa shape index (κ3) is 4.21. The molecule has 0 saturated heterocycles. The van der Waals surface area contributed by atoms with E-state index < -0.39 is 0 Å². The van der Waals surface area contributed by atoms with Crippen molar-refractivity contribution in [2.24, 2.45) is 5.92 Å². The van der Waals surface area contributed by atoms with E-state index >= 15 is 0 Å². The first-order valence-corrected chi connectivity index (χ1v) is 5.53. The molecule has 0 aliphatic rings. The summed E-state index contributed by atoms with van der Waals surface area (Å²) in [5.41, 5.74) is 1.19.